The van der Waals surface area contributed by atoms with Crippen molar-refractivity contribution in [1.82, 2.24) is 4.57 Å². The van der Waals surface area contributed by atoms with Crippen molar-refractivity contribution in [2.45, 2.75) is 38.6 Å². The van der Waals surface area contributed by atoms with E-state index in [-0.39, 0.29) is 5.43 Å². The van der Waals surface area contributed by atoms with E-state index in [4.69, 9.17) is 18.9 Å². The van der Waals surface area contributed by atoms with E-state index in [1.165, 1.54) is 20.1 Å². The summed E-state index contributed by atoms with van der Waals surface area (Å²) < 4.78 is 26.8. The van der Waals surface area contributed by atoms with Crippen LogP contribution >= 0.6 is 15.9 Å². The molecule has 224 valence electrons. The van der Waals surface area contributed by atoms with Crippen molar-refractivity contribution in [3.8, 4) is 11.5 Å². The van der Waals surface area contributed by atoms with Crippen LogP contribution < -0.4 is 14.9 Å². The van der Waals surface area contributed by atoms with E-state index in [0.29, 0.717) is 38.9 Å². The summed E-state index contributed by atoms with van der Waals surface area (Å²) in [6.45, 7) is 4.80. The summed E-state index contributed by atoms with van der Waals surface area (Å²) in [7, 11) is 3.33. The SMILES string of the molecule is COc1cc2c(c3c1c(=O)c1cc4ccccc4cc1n3C)[C@H](OC(C)=O)[C@H](OC(=O)C=Cc1cccc(Br)c1)C(C)(C)O2. The van der Waals surface area contributed by atoms with Gasteiger partial charge in [0.1, 0.15) is 17.1 Å². The van der Waals surface area contributed by atoms with Gasteiger partial charge in [-0.15, -0.1) is 0 Å². The van der Waals surface area contributed by atoms with Gasteiger partial charge in [-0.05, 0) is 60.5 Å². The topological polar surface area (TPSA) is 93.1 Å². The third-order valence-corrected chi connectivity index (χ3v) is 8.43. The van der Waals surface area contributed by atoms with Gasteiger partial charge in [-0.1, -0.05) is 52.3 Å². The minimum absolute atomic E-state index is 0.240. The average molecular weight is 657 g/mol. The Hall–Kier alpha value is -4.63. The maximum Gasteiger partial charge on any atom is 0.331 e. The molecule has 9 heteroatoms. The number of benzene rings is 4. The lowest BCUT2D eigenvalue weighted by Crippen LogP contribution is -2.52. The maximum absolute atomic E-state index is 14.2. The number of halogens is 1. The van der Waals surface area contributed by atoms with E-state index < -0.39 is 29.7 Å². The number of hydrogen-bond donors (Lipinski definition) is 0. The molecule has 0 unspecified atom stereocenters. The monoisotopic (exact) mass is 655 g/mol. The standard InChI is InChI=1S/C35H30BrNO7/c1-19(38)42-33-30-27(44-35(2,3)34(33)43-28(39)14-13-20-9-8-12-23(36)15-20)18-26(41-5)29-31(30)37(4)25-17-22-11-7-6-10-21(22)16-24(25)32(29)40/h6-18,33-34H,1-5H3/t33-,34-/m0/s1. The number of fused-ring (bicyclic) bond motifs is 5. The van der Waals surface area contributed by atoms with Crippen molar-refractivity contribution in [1.29, 1.82) is 0 Å². The lowest BCUT2D eigenvalue weighted by Gasteiger charge is -2.43. The average Bonchev–Trinajstić information content (AvgIpc) is 2.98. The van der Waals surface area contributed by atoms with Crippen LogP contribution in [0.15, 0.2) is 82.1 Å². The third-order valence-electron chi connectivity index (χ3n) is 7.93. The van der Waals surface area contributed by atoms with Crippen LogP contribution in [0.2, 0.25) is 0 Å². The molecule has 1 aliphatic heterocycles. The molecule has 0 aliphatic carbocycles. The second kappa shape index (κ2) is 11.1. The molecule has 5 aromatic rings. The molecular formula is C35H30BrNO7. The normalized spacial score (nSPS) is 17.4. The Morgan fingerprint density at radius 1 is 1.00 bits per heavy atom. The zero-order chi connectivity index (χ0) is 31.3. The van der Waals surface area contributed by atoms with Crippen molar-refractivity contribution >= 4 is 66.5 Å². The number of hydrogen-bond acceptors (Lipinski definition) is 7. The van der Waals surface area contributed by atoms with Crippen LogP contribution in [0.5, 0.6) is 11.5 Å². The summed E-state index contributed by atoms with van der Waals surface area (Å²) in [5, 5.41) is 2.71. The van der Waals surface area contributed by atoms with Gasteiger partial charge in [0, 0.05) is 36.0 Å². The molecule has 2 heterocycles. The second-order valence-corrected chi connectivity index (χ2v) is 12.2. The number of esters is 2. The molecule has 0 spiro atoms. The summed E-state index contributed by atoms with van der Waals surface area (Å²) in [4.78, 5) is 39.9. The summed E-state index contributed by atoms with van der Waals surface area (Å²) in [6.07, 6.45) is 0.807. The Kier molecular flexibility index (Phi) is 7.45. The van der Waals surface area contributed by atoms with Gasteiger partial charge in [-0.3, -0.25) is 9.59 Å². The highest BCUT2D eigenvalue weighted by molar-refractivity contribution is 9.10. The summed E-state index contributed by atoms with van der Waals surface area (Å²) in [6, 6.07) is 20.7. The highest BCUT2D eigenvalue weighted by atomic mass is 79.9. The fraction of sp³-hybridized carbons (Fsp3) is 0.229. The quantitative estimate of drug-likeness (QED) is 0.114. The van der Waals surface area contributed by atoms with E-state index in [9.17, 15) is 14.4 Å². The van der Waals surface area contributed by atoms with E-state index >= 15 is 0 Å². The number of aromatic nitrogens is 1. The molecule has 0 saturated carbocycles. The van der Waals surface area contributed by atoms with Gasteiger partial charge in [-0.2, -0.15) is 0 Å². The smallest absolute Gasteiger partial charge is 0.331 e. The van der Waals surface area contributed by atoms with Crippen LogP contribution in [0.4, 0.5) is 0 Å². The van der Waals surface area contributed by atoms with E-state index in [0.717, 1.165) is 20.8 Å². The Balaban J connectivity index is 1.57. The first-order valence-corrected chi connectivity index (χ1v) is 14.8. The first-order valence-electron chi connectivity index (χ1n) is 14.0. The van der Waals surface area contributed by atoms with Gasteiger partial charge in [0.05, 0.1) is 29.1 Å². The van der Waals surface area contributed by atoms with Gasteiger partial charge in [0.25, 0.3) is 0 Å². The fourth-order valence-corrected chi connectivity index (χ4v) is 6.38. The minimum atomic E-state index is -1.13. The molecule has 2 atom stereocenters. The van der Waals surface area contributed by atoms with Crippen LogP contribution in [-0.2, 0) is 26.1 Å². The number of methoxy groups -OCH3 is 1. The summed E-state index contributed by atoms with van der Waals surface area (Å²) >= 11 is 3.43. The van der Waals surface area contributed by atoms with Crippen molar-refractivity contribution < 1.29 is 28.5 Å². The van der Waals surface area contributed by atoms with Crippen LogP contribution in [0.3, 0.4) is 0 Å². The van der Waals surface area contributed by atoms with Crippen molar-refractivity contribution in [2.24, 2.45) is 7.05 Å². The number of carbonyl (C=O) groups is 2. The number of carbonyl (C=O) groups excluding carboxylic acids is 2. The maximum atomic E-state index is 14.2. The van der Waals surface area contributed by atoms with Gasteiger partial charge < -0.3 is 23.5 Å². The molecule has 0 fully saturated rings. The first kappa shape index (κ1) is 29.4. The van der Waals surface area contributed by atoms with Crippen molar-refractivity contribution in [3.63, 3.8) is 0 Å². The number of aryl methyl sites for hydroxylation is 1. The van der Waals surface area contributed by atoms with Crippen LogP contribution in [0.1, 0.15) is 38.0 Å². The largest absolute Gasteiger partial charge is 0.496 e. The lowest BCUT2D eigenvalue weighted by molar-refractivity contribution is -0.185. The van der Waals surface area contributed by atoms with Crippen LogP contribution in [0.25, 0.3) is 38.7 Å². The third kappa shape index (κ3) is 5.11. The zero-order valence-corrected chi connectivity index (χ0v) is 26.4. The highest BCUT2D eigenvalue weighted by Gasteiger charge is 2.50. The van der Waals surface area contributed by atoms with E-state index in [1.54, 1.807) is 26.0 Å². The Morgan fingerprint density at radius 3 is 2.41 bits per heavy atom. The van der Waals surface area contributed by atoms with Crippen LogP contribution in [-0.4, -0.2) is 35.3 Å². The minimum Gasteiger partial charge on any atom is -0.496 e. The Morgan fingerprint density at radius 2 is 1.73 bits per heavy atom. The predicted molar refractivity (Wildman–Crippen MR) is 173 cm³/mol. The van der Waals surface area contributed by atoms with Crippen molar-refractivity contribution in [2.75, 3.05) is 7.11 Å². The molecule has 0 saturated heterocycles. The van der Waals surface area contributed by atoms with Gasteiger partial charge in [0.2, 0.25) is 5.43 Å². The molecular weight excluding hydrogens is 626 g/mol. The number of nitrogens with zero attached hydrogens (tertiary/aromatic N) is 1. The predicted octanol–water partition coefficient (Wildman–Crippen LogP) is 7.02. The second-order valence-electron chi connectivity index (χ2n) is 11.3. The van der Waals surface area contributed by atoms with Gasteiger partial charge in [0.15, 0.2) is 12.2 Å². The highest BCUT2D eigenvalue weighted by Crippen LogP contribution is 2.49. The molecule has 0 radical (unpaired) electrons. The van der Waals surface area contributed by atoms with Gasteiger partial charge in [-0.25, -0.2) is 4.79 Å². The molecule has 44 heavy (non-hydrogen) atoms. The Labute approximate surface area is 261 Å². The zero-order valence-electron chi connectivity index (χ0n) is 24.8. The van der Waals surface area contributed by atoms with Crippen molar-refractivity contribution in [3.05, 3.63) is 98.6 Å². The molecule has 0 N–H and O–H groups in total. The molecule has 6 rings (SSSR count). The Bertz CT molecular complexity index is 2080. The molecule has 8 nitrogen and oxygen atoms in total. The first-order chi connectivity index (χ1) is 21.0. The number of ether oxygens (including phenoxy) is 4. The van der Waals surface area contributed by atoms with E-state index in [2.05, 4.69) is 15.9 Å². The van der Waals surface area contributed by atoms with Crippen LogP contribution in [0, 0.1) is 0 Å². The van der Waals surface area contributed by atoms with Gasteiger partial charge >= 0.3 is 11.9 Å². The molecule has 1 aliphatic rings. The fourth-order valence-electron chi connectivity index (χ4n) is 5.97. The molecule has 0 bridgehead atoms. The molecule has 1 aromatic heterocycles. The van der Waals surface area contributed by atoms with E-state index in [1.807, 2.05) is 72.3 Å². The summed E-state index contributed by atoms with van der Waals surface area (Å²) in [5.41, 5.74) is 0.976. The molecule has 0 amide bonds. The number of rotatable bonds is 5. The molecule has 4 aromatic carbocycles. The lowest BCUT2D eigenvalue weighted by atomic mass is 9.86. The summed E-state index contributed by atoms with van der Waals surface area (Å²) in [5.74, 6) is -0.544. The number of pyridine rings is 1.